The summed E-state index contributed by atoms with van der Waals surface area (Å²) in [6.45, 7) is 7.37. The van der Waals surface area contributed by atoms with E-state index in [1.54, 1.807) is 13.1 Å². The monoisotopic (exact) mass is 270 g/mol. The molecule has 5 heteroatoms. The molecule has 0 aliphatic heterocycles. The second kappa shape index (κ2) is 5.65. The molecule has 1 rings (SSSR count). The van der Waals surface area contributed by atoms with Crippen molar-refractivity contribution in [3.05, 3.63) is 17.9 Å². The zero-order valence-electron chi connectivity index (χ0n) is 12.2. The van der Waals surface area contributed by atoms with E-state index < -0.39 is 11.4 Å². The molecule has 0 heterocycles. The fraction of sp³-hybridized carbons (Fsp3) is 0.571. The first-order valence-electron chi connectivity index (χ1n) is 6.29. The highest BCUT2D eigenvalue weighted by Crippen LogP contribution is 2.34. The molecule has 0 fully saturated rings. The normalized spacial score (nSPS) is 11.8. The summed E-state index contributed by atoms with van der Waals surface area (Å²) in [5.74, 6) is -0.315. The molecule has 3 N–H and O–H groups in total. The number of nitrogens with two attached hydrogens (primary N) is 1. The average Bonchev–Trinajstić information content (AvgIpc) is 2.31. The summed E-state index contributed by atoms with van der Waals surface area (Å²) >= 11 is 0. The fourth-order valence-electron chi connectivity index (χ4n) is 1.62. The van der Waals surface area contributed by atoms with Crippen molar-refractivity contribution in [2.45, 2.75) is 39.3 Å². The van der Waals surface area contributed by atoms with Gasteiger partial charge in [-0.25, -0.2) is 4.39 Å². The minimum Gasteiger partial charge on any atom is -0.488 e. The van der Waals surface area contributed by atoms with Gasteiger partial charge < -0.3 is 20.5 Å². The van der Waals surface area contributed by atoms with E-state index in [4.69, 9.17) is 10.5 Å². The Morgan fingerprint density at radius 2 is 2.00 bits per heavy atom. The number of benzene rings is 1. The molecule has 19 heavy (non-hydrogen) atoms. The van der Waals surface area contributed by atoms with Crippen LogP contribution < -0.4 is 15.4 Å². The lowest BCUT2D eigenvalue weighted by Crippen LogP contribution is -2.44. The lowest BCUT2D eigenvalue weighted by atomic mass is 10.0. The van der Waals surface area contributed by atoms with Gasteiger partial charge in [-0.05, 0) is 27.7 Å². The summed E-state index contributed by atoms with van der Waals surface area (Å²) in [5, 5.41) is 9.40. The van der Waals surface area contributed by atoms with E-state index in [1.807, 2.05) is 32.6 Å². The van der Waals surface area contributed by atoms with Gasteiger partial charge >= 0.3 is 0 Å². The zero-order valence-corrected chi connectivity index (χ0v) is 12.2. The molecule has 0 radical (unpaired) electrons. The number of hydrogen-bond donors (Lipinski definition) is 2. The van der Waals surface area contributed by atoms with E-state index in [2.05, 4.69) is 0 Å². The predicted octanol–water partition coefficient (Wildman–Crippen LogP) is 2.40. The Balaban J connectivity index is 3.21. The molecular weight excluding hydrogens is 247 g/mol. The largest absolute Gasteiger partial charge is 0.488 e. The summed E-state index contributed by atoms with van der Waals surface area (Å²) < 4.78 is 19.2. The van der Waals surface area contributed by atoms with Gasteiger partial charge in [0.2, 0.25) is 0 Å². The Labute approximate surface area is 114 Å². The Morgan fingerprint density at radius 1 is 1.42 bits per heavy atom. The predicted molar refractivity (Wildman–Crippen MR) is 76.1 cm³/mol. The second-order valence-electron chi connectivity index (χ2n) is 5.54. The van der Waals surface area contributed by atoms with Gasteiger partial charge in [-0.2, -0.15) is 0 Å². The lowest BCUT2D eigenvalue weighted by molar-refractivity contribution is 0.215. The summed E-state index contributed by atoms with van der Waals surface area (Å²) in [4.78, 5) is 1.81. The van der Waals surface area contributed by atoms with Gasteiger partial charge in [0.1, 0.15) is 0 Å². The van der Waals surface area contributed by atoms with Crippen LogP contribution in [0, 0.1) is 5.82 Å². The first-order chi connectivity index (χ1) is 8.69. The molecule has 0 saturated heterocycles. The van der Waals surface area contributed by atoms with Crippen LogP contribution in [0.2, 0.25) is 0 Å². The van der Waals surface area contributed by atoms with E-state index in [0.717, 1.165) is 0 Å². The number of ether oxygens (including phenoxy) is 1. The van der Waals surface area contributed by atoms with E-state index in [1.165, 1.54) is 6.07 Å². The number of nitrogens with zero attached hydrogens (tertiary/aromatic N) is 1. The third kappa shape index (κ3) is 3.50. The maximum absolute atomic E-state index is 13.8. The molecule has 0 aromatic heterocycles. The molecule has 1 aromatic rings. The standard InChI is InChI=1S/C14H23FN2O2/c1-9(2)19-13-7-12(11(16)6-10(13)15)17(5)14(3,4)8-18/h6-7,9,18H,8,16H2,1-5H3. The van der Waals surface area contributed by atoms with Crippen LogP contribution in [-0.2, 0) is 0 Å². The topological polar surface area (TPSA) is 58.7 Å². The van der Waals surface area contributed by atoms with Crippen LogP contribution in [0.25, 0.3) is 0 Å². The number of anilines is 2. The number of likely N-dealkylation sites (N-methyl/N-ethyl adjacent to an activating group) is 1. The van der Waals surface area contributed by atoms with Gasteiger partial charge in [0.05, 0.1) is 29.6 Å². The summed E-state index contributed by atoms with van der Waals surface area (Å²) in [6.07, 6.45) is -0.123. The summed E-state index contributed by atoms with van der Waals surface area (Å²) in [7, 11) is 1.80. The molecule has 0 spiro atoms. The third-order valence-corrected chi connectivity index (χ3v) is 3.10. The number of nitrogen functional groups attached to an aromatic ring is 1. The van der Waals surface area contributed by atoms with Gasteiger partial charge in [0.15, 0.2) is 11.6 Å². The minimum absolute atomic E-state index is 0.0410. The average molecular weight is 270 g/mol. The first-order valence-corrected chi connectivity index (χ1v) is 6.29. The Kier molecular flexibility index (Phi) is 4.63. The molecule has 1 aromatic carbocycles. The highest BCUT2D eigenvalue weighted by molar-refractivity contribution is 5.70. The molecule has 4 nitrogen and oxygen atoms in total. The summed E-state index contributed by atoms with van der Waals surface area (Å²) in [6, 6.07) is 2.82. The Hall–Kier alpha value is -1.49. The van der Waals surface area contributed by atoms with Crippen molar-refractivity contribution in [3.63, 3.8) is 0 Å². The van der Waals surface area contributed by atoms with Crippen molar-refractivity contribution in [2.75, 3.05) is 24.3 Å². The van der Waals surface area contributed by atoms with E-state index in [-0.39, 0.29) is 18.5 Å². The molecule has 0 aliphatic rings. The fourth-order valence-corrected chi connectivity index (χ4v) is 1.62. The van der Waals surface area contributed by atoms with Crippen LogP contribution >= 0.6 is 0 Å². The number of halogens is 1. The van der Waals surface area contributed by atoms with Crippen molar-refractivity contribution >= 4 is 11.4 Å². The number of hydrogen-bond acceptors (Lipinski definition) is 4. The smallest absolute Gasteiger partial charge is 0.167 e. The van der Waals surface area contributed by atoms with Crippen LogP contribution in [0.1, 0.15) is 27.7 Å². The maximum Gasteiger partial charge on any atom is 0.167 e. The van der Waals surface area contributed by atoms with E-state index >= 15 is 0 Å². The van der Waals surface area contributed by atoms with Crippen molar-refractivity contribution in [1.29, 1.82) is 0 Å². The number of rotatable bonds is 5. The van der Waals surface area contributed by atoms with Crippen molar-refractivity contribution in [2.24, 2.45) is 0 Å². The van der Waals surface area contributed by atoms with Gasteiger partial charge in [0, 0.05) is 19.2 Å². The third-order valence-electron chi connectivity index (χ3n) is 3.10. The molecule has 0 bridgehead atoms. The van der Waals surface area contributed by atoms with Gasteiger partial charge in [-0.15, -0.1) is 0 Å². The molecule has 0 amide bonds. The van der Waals surface area contributed by atoms with Crippen LogP contribution in [0.15, 0.2) is 12.1 Å². The molecule has 108 valence electrons. The quantitative estimate of drug-likeness (QED) is 0.807. The number of aliphatic hydroxyl groups excluding tert-OH is 1. The lowest BCUT2D eigenvalue weighted by Gasteiger charge is -2.36. The van der Waals surface area contributed by atoms with E-state index in [9.17, 15) is 9.50 Å². The Morgan fingerprint density at radius 3 is 2.47 bits per heavy atom. The minimum atomic E-state index is -0.499. The van der Waals surface area contributed by atoms with Crippen LogP contribution in [0.5, 0.6) is 5.75 Å². The Bertz CT molecular complexity index is 447. The molecule has 0 atom stereocenters. The second-order valence-corrected chi connectivity index (χ2v) is 5.54. The SMILES string of the molecule is CC(C)Oc1cc(N(C)C(C)(C)CO)c(N)cc1F. The van der Waals surface area contributed by atoms with E-state index in [0.29, 0.717) is 11.4 Å². The first kappa shape index (κ1) is 15.6. The van der Waals surface area contributed by atoms with Crippen LogP contribution in [0.3, 0.4) is 0 Å². The maximum atomic E-state index is 13.8. The highest BCUT2D eigenvalue weighted by atomic mass is 19.1. The molecule has 0 unspecified atom stereocenters. The van der Waals surface area contributed by atoms with Gasteiger partial charge in [-0.3, -0.25) is 0 Å². The highest BCUT2D eigenvalue weighted by Gasteiger charge is 2.25. The van der Waals surface area contributed by atoms with Crippen LogP contribution in [-0.4, -0.2) is 30.4 Å². The van der Waals surface area contributed by atoms with Gasteiger partial charge in [-0.1, -0.05) is 0 Å². The van der Waals surface area contributed by atoms with Crippen molar-refractivity contribution < 1.29 is 14.2 Å². The molecule has 0 saturated carbocycles. The van der Waals surface area contributed by atoms with Crippen molar-refractivity contribution in [3.8, 4) is 5.75 Å². The summed E-state index contributed by atoms with van der Waals surface area (Å²) in [5.41, 5.74) is 6.31. The molecule has 0 aliphatic carbocycles. The zero-order chi connectivity index (χ0) is 14.8. The van der Waals surface area contributed by atoms with Gasteiger partial charge in [0.25, 0.3) is 0 Å². The van der Waals surface area contributed by atoms with Crippen LogP contribution in [0.4, 0.5) is 15.8 Å². The van der Waals surface area contributed by atoms with Crippen molar-refractivity contribution in [1.82, 2.24) is 0 Å². The molecular formula is C14H23FN2O2. The number of aliphatic hydroxyl groups is 1.